The first-order valence-electron chi connectivity index (χ1n) is 13.8. The molecule has 39 heavy (non-hydrogen) atoms. The lowest BCUT2D eigenvalue weighted by Crippen LogP contribution is -2.35. The molecule has 1 aromatic carbocycles. The lowest BCUT2D eigenvalue weighted by atomic mass is 9.86. The number of carbonyl (C=O) groups excluding carboxylic acids is 2. The van der Waals surface area contributed by atoms with Crippen LogP contribution in [0.2, 0.25) is 0 Å². The third kappa shape index (κ3) is 6.81. The number of hydrogen-bond donors (Lipinski definition) is 2. The van der Waals surface area contributed by atoms with E-state index in [1.807, 2.05) is 12.1 Å². The van der Waals surface area contributed by atoms with Crippen molar-refractivity contribution in [2.75, 3.05) is 58.9 Å². The third-order valence-corrected chi connectivity index (χ3v) is 9.30. The quantitative estimate of drug-likeness (QED) is 0.546. The van der Waals surface area contributed by atoms with Crippen molar-refractivity contribution in [1.82, 2.24) is 4.98 Å². The molecule has 0 unspecified atom stereocenters. The molecule has 1 amide bonds. The first kappa shape index (κ1) is 27.2. The van der Waals surface area contributed by atoms with Crippen LogP contribution in [0.5, 0.6) is 0 Å². The molecule has 2 fully saturated rings. The van der Waals surface area contributed by atoms with Gasteiger partial charge < -0.3 is 19.9 Å². The summed E-state index contributed by atoms with van der Waals surface area (Å²) in [6.07, 6.45) is 8.17. The van der Waals surface area contributed by atoms with Gasteiger partial charge in [0.25, 0.3) is 5.91 Å². The summed E-state index contributed by atoms with van der Waals surface area (Å²) in [7, 11) is -2.80. The lowest BCUT2D eigenvalue weighted by Gasteiger charge is -2.36. The Hall–Kier alpha value is -3.34. The van der Waals surface area contributed by atoms with Crippen LogP contribution in [-0.2, 0) is 19.6 Å². The van der Waals surface area contributed by atoms with Crippen molar-refractivity contribution in [3.05, 3.63) is 42.1 Å². The van der Waals surface area contributed by atoms with Gasteiger partial charge in [0.15, 0.2) is 5.75 Å². The molecule has 7 heterocycles. The maximum atomic E-state index is 13.3. The zero-order valence-electron chi connectivity index (χ0n) is 22.4. The zero-order chi connectivity index (χ0) is 27.4. The van der Waals surface area contributed by atoms with Crippen molar-refractivity contribution in [3.8, 4) is 0 Å². The van der Waals surface area contributed by atoms with E-state index in [4.69, 9.17) is 0 Å². The topological polar surface area (TPSA) is 121 Å². The minimum Gasteiger partial charge on any atom is -0.468 e. The summed E-state index contributed by atoms with van der Waals surface area (Å²) >= 11 is 0. The first-order chi connectivity index (χ1) is 18.8. The molecule has 6 aliphatic heterocycles. The molecule has 0 saturated carbocycles. The normalized spacial score (nSPS) is 21.9. The maximum absolute atomic E-state index is 13.3. The number of amides is 1. The summed E-state index contributed by atoms with van der Waals surface area (Å²) in [5, 5.41) is 3.02. The van der Waals surface area contributed by atoms with E-state index in [-0.39, 0.29) is 5.91 Å². The van der Waals surface area contributed by atoms with E-state index in [1.165, 1.54) is 19.3 Å². The van der Waals surface area contributed by atoms with Gasteiger partial charge in [0.2, 0.25) is 10.0 Å². The van der Waals surface area contributed by atoms with Crippen LogP contribution in [0.4, 0.5) is 22.9 Å². The van der Waals surface area contributed by atoms with Crippen LogP contribution in [0.25, 0.3) is 0 Å². The van der Waals surface area contributed by atoms with Gasteiger partial charge in [-0.25, -0.2) is 13.4 Å². The van der Waals surface area contributed by atoms with E-state index in [2.05, 4.69) is 29.6 Å². The van der Waals surface area contributed by atoms with E-state index in [0.29, 0.717) is 23.0 Å². The molecule has 6 bridgehead atoms. The van der Waals surface area contributed by atoms with Gasteiger partial charge in [0.05, 0.1) is 24.2 Å². The molecule has 8 rings (SSSR count). The number of rotatable bonds is 4. The Bertz CT molecular complexity index is 1300. The van der Waals surface area contributed by atoms with Crippen LogP contribution in [0.1, 0.15) is 55.4 Å². The van der Waals surface area contributed by atoms with Crippen molar-refractivity contribution in [1.29, 1.82) is 0 Å². The number of aromatic nitrogens is 1. The molecule has 2 N–H and O–H groups in total. The van der Waals surface area contributed by atoms with Crippen molar-refractivity contribution < 1.29 is 22.7 Å². The van der Waals surface area contributed by atoms with Crippen LogP contribution in [0, 0.1) is 11.8 Å². The minimum atomic E-state index is -3.95. The van der Waals surface area contributed by atoms with Crippen molar-refractivity contribution in [3.63, 3.8) is 0 Å². The fourth-order valence-corrected chi connectivity index (χ4v) is 6.90. The largest absolute Gasteiger partial charge is 0.468 e. The first-order valence-corrected chi connectivity index (χ1v) is 15.4. The Balaban J connectivity index is 1.44. The average molecular weight is 556 g/mol. The fraction of sp³-hybridized carbons (Fsp3) is 0.536. The minimum absolute atomic E-state index is 0.317. The number of carbonyl (C=O) groups is 2. The molecule has 2 aromatic rings. The molecular formula is C28H37N5O5S. The number of sulfonamides is 1. The zero-order valence-corrected chi connectivity index (χ0v) is 23.2. The molecule has 0 radical (unpaired) electrons. The predicted molar refractivity (Wildman–Crippen MR) is 152 cm³/mol. The van der Waals surface area contributed by atoms with E-state index in [9.17, 15) is 18.0 Å². The summed E-state index contributed by atoms with van der Waals surface area (Å²) < 4.78 is 31.9. The van der Waals surface area contributed by atoms with Gasteiger partial charge in [-0.05, 0) is 67.9 Å². The molecule has 2 saturated heterocycles. The van der Waals surface area contributed by atoms with Gasteiger partial charge in [-0.2, -0.15) is 0 Å². The molecular weight excluding hydrogens is 518 g/mol. The Morgan fingerprint density at radius 2 is 1.67 bits per heavy atom. The lowest BCUT2D eigenvalue weighted by molar-refractivity contribution is -0.137. The monoisotopic (exact) mass is 555 g/mol. The predicted octanol–water partition coefficient (Wildman–Crippen LogP) is 3.87. The standard InChI is InChI=1S/C28H37N5O5S/c1-38-27(34)19-39(36,37)31-22-8-9-23-25(18-22)32-14-10-20(11-15-32)4-2-5-21-12-16-33(17-13-21)26-7-3-6-24(29-26)28(35)30-23/h3,6-9,18,20-21,31H,2,4-5,10-17,19H2,1H3,(H,30,35). The maximum Gasteiger partial charge on any atom is 0.322 e. The Labute approximate surface area is 230 Å². The average Bonchev–Trinajstić information content (AvgIpc) is 2.94. The van der Waals surface area contributed by atoms with Crippen LogP contribution >= 0.6 is 0 Å². The van der Waals surface area contributed by atoms with E-state index < -0.39 is 21.7 Å². The summed E-state index contributed by atoms with van der Waals surface area (Å²) in [5.41, 5.74) is 1.98. The van der Waals surface area contributed by atoms with Gasteiger partial charge >= 0.3 is 5.97 Å². The second-order valence-corrected chi connectivity index (χ2v) is 12.5. The van der Waals surface area contributed by atoms with Crippen LogP contribution < -0.4 is 19.8 Å². The van der Waals surface area contributed by atoms with Crippen molar-refractivity contribution in [2.24, 2.45) is 11.8 Å². The Kier molecular flexibility index (Phi) is 8.25. The van der Waals surface area contributed by atoms with E-state index in [0.717, 1.165) is 76.4 Å². The van der Waals surface area contributed by atoms with Gasteiger partial charge in [0.1, 0.15) is 11.5 Å². The number of ether oxygens (including phenoxy) is 1. The fourth-order valence-electron chi connectivity index (χ4n) is 5.91. The van der Waals surface area contributed by atoms with Crippen molar-refractivity contribution in [2.45, 2.75) is 44.9 Å². The highest BCUT2D eigenvalue weighted by atomic mass is 32.2. The Morgan fingerprint density at radius 1 is 1.00 bits per heavy atom. The SMILES string of the molecule is COC(=O)CS(=O)(=O)Nc1ccc2c(c1)N1CCC(CCCC3CCN(CC3)c3cccc(n3)C(=O)N2)CC1. The van der Waals surface area contributed by atoms with Gasteiger partial charge in [0, 0.05) is 26.2 Å². The number of hydrogen-bond acceptors (Lipinski definition) is 8. The number of anilines is 4. The highest BCUT2D eigenvalue weighted by Crippen LogP contribution is 2.35. The van der Waals surface area contributed by atoms with Crippen LogP contribution in [0.15, 0.2) is 36.4 Å². The smallest absolute Gasteiger partial charge is 0.322 e. The summed E-state index contributed by atoms with van der Waals surface area (Å²) in [6, 6.07) is 10.5. The number of piperidine rings is 2. The number of methoxy groups -OCH3 is 1. The van der Waals surface area contributed by atoms with Gasteiger partial charge in [-0.3, -0.25) is 14.3 Å². The van der Waals surface area contributed by atoms with Crippen LogP contribution in [0.3, 0.4) is 0 Å². The van der Waals surface area contributed by atoms with Gasteiger partial charge in [-0.1, -0.05) is 25.3 Å². The summed E-state index contributed by atoms with van der Waals surface area (Å²) in [5.74, 6) is 0.308. The second kappa shape index (κ2) is 11.8. The van der Waals surface area contributed by atoms with E-state index >= 15 is 0 Å². The molecule has 11 heteroatoms. The molecule has 210 valence electrons. The third-order valence-electron chi connectivity index (χ3n) is 8.14. The summed E-state index contributed by atoms with van der Waals surface area (Å²) in [6.45, 7) is 3.55. The molecule has 6 aliphatic rings. The number of pyridine rings is 1. The van der Waals surface area contributed by atoms with E-state index in [1.54, 1.807) is 24.3 Å². The molecule has 0 aliphatic carbocycles. The Morgan fingerprint density at radius 3 is 2.33 bits per heavy atom. The number of esters is 1. The highest BCUT2D eigenvalue weighted by molar-refractivity contribution is 7.93. The van der Waals surface area contributed by atoms with Crippen molar-refractivity contribution >= 4 is 44.8 Å². The highest BCUT2D eigenvalue weighted by Gasteiger charge is 2.26. The number of nitrogens with one attached hydrogen (secondary N) is 2. The molecule has 0 atom stereocenters. The van der Waals surface area contributed by atoms with Crippen LogP contribution in [-0.4, -0.2) is 64.3 Å². The summed E-state index contributed by atoms with van der Waals surface area (Å²) in [4.78, 5) is 34.0. The number of nitrogens with zero attached hydrogens (tertiary/aromatic N) is 3. The number of benzene rings is 1. The van der Waals surface area contributed by atoms with Gasteiger partial charge in [-0.15, -0.1) is 0 Å². The molecule has 10 nitrogen and oxygen atoms in total. The second-order valence-electron chi connectivity index (χ2n) is 10.8. The molecule has 1 aromatic heterocycles. The molecule has 0 spiro atoms.